The fourth-order valence-electron chi connectivity index (χ4n) is 3.43. The van der Waals surface area contributed by atoms with Crippen LogP contribution in [0.3, 0.4) is 0 Å². The minimum Gasteiger partial charge on any atom is -0.332 e. The van der Waals surface area contributed by atoms with Gasteiger partial charge in [-0.25, -0.2) is 0 Å². The van der Waals surface area contributed by atoms with Gasteiger partial charge in [0.25, 0.3) is 5.91 Å². The molecule has 2 aromatic rings. The van der Waals surface area contributed by atoms with Crippen molar-refractivity contribution in [3.63, 3.8) is 0 Å². The molecule has 0 unspecified atom stereocenters. The molecule has 1 N–H and O–H groups in total. The molecule has 0 saturated heterocycles. The lowest BCUT2D eigenvalue weighted by Gasteiger charge is -2.17. The highest BCUT2D eigenvalue weighted by atomic mass is 32.1. The molecule has 26 heavy (non-hydrogen) atoms. The lowest BCUT2D eigenvalue weighted by molar-refractivity contribution is -0.116. The summed E-state index contributed by atoms with van der Waals surface area (Å²) in [5.41, 5.74) is 3.23. The van der Waals surface area contributed by atoms with Crippen molar-refractivity contribution in [1.29, 1.82) is 0 Å². The van der Waals surface area contributed by atoms with E-state index in [4.69, 9.17) is 0 Å². The van der Waals surface area contributed by atoms with Crippen LogP contribution >= 0.6 is 11.3 Å². The normalized spacial score (nSPS) is 16.0. The molecule has 1 aromatic carbocycles. The van der Waals surface area contributed by atoms with Crippen LogP contribution in [0.2, 0.25) is 0 Å². The fourth-order valence-corrected chi connectivity index (χ4v) is 4.63. The summed E-state index contributed by atoms with van der Waals surface area (Å²) < 4.78 is 0. The third-order valence-corrected chi connectivity index (χ3v) is 6.16. The van der Waals surface area contributed by atoms with E-state index >= 15 is 0 Å². The van der Waals surface area contributed by atoms with Gasteiger partial charge in [-0.2, -0.15) is 0 Å². The summed E-state index contributed by atoms with van der Waals surface area (Å²) in [6, 6.07) is 9.79. The second kappa shape index (κ2) is 8.04. The largest absolute Gasteiger partial charge is 0.332 e. The monoisotopic (exact) mass is 370 g/mol. The highest BCUT2D eigenvalue weighted by Crippen LogP contribution is 2.32. The predicted molar refractivity (Wildman–Crippen MR) is 107 cm³/mol. The molecule has 0 bridgehead atoms. The van der Waals surface area contributed by atoms with Gasteiger partial charge in [0.1, 0.15) is 0 Å². The van der Waals surface area contributed by atoms with Crippen molar-refractivity contribution < 1.29 is 9.59 Å². The number of thiophene rings is 1. The molecular weight excluding hydrogens is 344 g/mol. The van der Waals surface area contributed by atoms with Crippen LogP contribution in [0.25, 0.3) is 0 Å². The first-order valence-electron chi connectivity index (χ1n) is 9.22. The zero-order valence-electron chi connectivity index (χ0n) is 15.7. The zero-order valence-corrected chi connectivity index (χ0v) is 16.5. The van der Waals surface area contributed by atoms with Crippen LogP contribution in [0.5, 0.6) is 0 Å². The lowest BCUT2D eigenvalue weighted by Crippen LogP contribution is -2.34. The van der Waals surface area contributed by atoms with Crippen LogP contribution in [0.15, 0.2) is 30.3 Å². The number of benzene rings is 1. The smallest absolute Gasteiger partial charge is 0.264 e. The maximum absolute atomic E-state index is 12.7. The van der Waals surface area contributed by atoms with Crippen molar-refractivity contribution >= 4 is 28.8 Å². The van der Waals surface area contributed by atoms with Crippen LogP contribution in [0, 0.1) is 5.92 Å². The van der Waals surface area contributed by atoms with Crippen molar-refractivity contribution in [2.24, 2.45) is 5.92 Å². The minimum atomic E-state index is -0.170. The van der Waals surface area contributed by atoms with Crippen molar-refractivity contribution in [3.05, 3.63) is 51.2 Å². The van der Waals surface area contributed by atoms with Crippen LogP contribution < -0.4 is 5.32 Å². The number of rotatable bonds is 5. The molecule has 5 heteroatoms. The second-order valence-electron chi connectivity index (χ2n) is 7.13. The molecule has 1 aromatic heterocycles. The molecule has 4 nitrogen and oxygen atoms in total. The molecule has 1 heterocycles. The number of aryl methyl sites for hydroxylation is 2. The first kappa shape index (κ1) is 18.6. The van der Waals surface area contributed by atoms with Crippen LogP contribution in [0.1, 0.15) is 45.9 Å². The molecule has 0 saturated carbocycles. The van der Waals surface area contributed by atoms with Crippen LogP contribution in [-0.2, 0) is 24.1 Å². The Bertz CT molecular complexity index is 812. The van der Waals surface area contributed by atoms with Crippen LogP contribution in [-0.4, -0.2) is 30.3 Å². The van der Waals surface area contributed by atoms with Gasteiger partial charge in [-0.1, -0.05) is 32.0 Å². The summed E-state index contributed by atoms with van der Waals surface area (Å²) in [6.07, 6.45) is 4.16. The summed E-state index contributed by atoms with van der Waals surface area (Å²) >= 11 is 1.59. The van der Waals surface area contributed by atoms with Gasteiger partial charge in [-0.3, -0.25) is 9.59 Å². The fraction of sp³-hybridized carbons (Fsp3) is 0.429. The van der Waals surface area contributed by atoms with E-state index in [2.05, 4.69) is 19.2 Å². The summed E-state index contributed by atoms with van der Waals surface area (Å²) in [4.78, 5) is 28.7. The number of likely N-dealkylation sites (N-methyl/N-ethyl adjacent to an activating group) is 1. The molecule has 0 radical (unpaired) electrons. The van der Waals surface area contributed by atoms with Gasteiger partial charge in [-0.15, -0.1) is 11.3 Å². The molecule has 1 atom stereocenters. The standard InChI is InChI=1S/C21H26N2O2S/c1-4-15-7-5-6-8-17(15)22-20(24)13-23(3)21(25)19-12-16-11-14(2)9-10-18(16)26-19/h5-8,12,14H,4,9-11,13H2,1-3H3,(H,22,24)/t14-/m1/s1. The van der Waals surface area contributed by atoms with E-state index in [-0.39, 0.29) is 18.4 Å². The number of nitrogens with one attached hydrogen (secondary N) is 1. The van der Waals surface area contributed by atoms with E-state index in [0.717, 1.165) is 35.4 Å². The van der Waals surface area contributed by atoms with Gasteiger partial charge in [0, 0.05) is 17.6 Å². The number of para-hydroxylation sites is 1. The van der Waals surface area contributed by atoms with Gasteiger partial charge < -0.3 is 10.2 Å². The number of carbonyl (C=O) groups excluding carboxylic acids is 2. The predicted octanol–water partition coefficient (Wildman–Crippen LogP) is 4.15. The molecular formula is C21H26N2O2S. The Balaban J connectivity index is 1.63. The van der Waals surface area contributed by atoms with E-state index in [0.29, 0.717) is 5.92 Å². The highest BCUT2D eigenvalue weighted by molar-refractivity contribution is 7.14. The zero-order chi connectivity index (χ0) is 18.7. The third kappa shape index (κ3) is 4.15. The number of fused-ring (bicyclic) bond motifs is 1. The Morgan fingerprint density at radius 2 is 2.08 bits per heavy atom. The molecule has 1 aliphatic carbocycles. The number of nitrogens with zero attached hydrogens (tertiary/aromatic N) is 1. The lowest BCUT2D eigenvalue weighted by atomic mass is 9.90. The molecule has 0 fully saturated rings. The number of hydrogen-bond donors (Lipinski definition) is 1. The van der Waals surface area contributed by atoms with E-state index in [1.807, 2.05) is 30.3 Å². The first-order valence-corrected chi connectivity index (χ1v) is 10.0. The summed E-state index contributed by atoms with van der Waals surface area (Å²) in [6.45, 7) is 4.36. The first-order chi connectivity index (χ1) is 12.5. The Hall–Kier alpha value is -2.14. The molecule has 0 spiro atoms. The topological polar surface area (TPSA) is 49.4 Å². The number of carbonyl (C=O) groups is 2. The van der Waals surface area contributed by atoms with Gasteiger partial charge >= 0.3 is 0 Å². The van der Waals surface area contributed by atoms with E-state index in [1.54, 1.807) is 18.4 Å². The van der Waals surface area contributed by atoms with E-state index in [9.17, 15) is 9.59 Å². The Morgan fingerprint density at radius 1 is 1.31 bits per heavy atom. The summed E-state index contributed by atoms with van der Waals surface area (Å²) in [5.74, 6) is 0.440. The third-order valence-electron chi connectivity index (χ3n) is 4.94. The quantitative estimate of drug-likeness (QED) is 0.860. The van der Waals surface area contributed by atoms with Crippen molar-refractivity contribution in [2.45, 2.75) is 39.5 Å². The Labute approximate surface area is 159 Å². The number of amides is 2. The highest BCUT2D eigenvalue weighted by Gasteiger charge is 2.23. The van der Waals surface area contributed by atoms with E-state index < -0.39 is 0 Å². The molecule has 2 amide bonds. The van der Waals surface area contributed by atoms with Crippen molar-refractivity contribution in [2.75, 3.05) is 18.9 Å². The maximum atomic E-state index is 12.7. The van der Waals surface area contributed by atoms with Crippen LogP contribution in [0.4, 0.5) is 5.69 Å². The Morgan fingerprint density at radius 3 is 2.85 bits per heavy atom. The number of hydrogen-bond acceptors (Lipinski definition) is 3. The van der Waals surface area contributed by atoms with E-state index in [1.165, 1.54) is 21.8 Å². The summed E-state index contributed by atoms with van der Waals surface area (Å²) in [7, 11) is 1.69. The minimum absolute atomic E-state index is 0.0514. The van der Waals surface area contributed by atoms with Gasteiger partial charge in [-0.05, 0) is 54.9 Å². The number of anilines is 1. The molecule has 0 aliphatic heterocycles. The average Bonchev–Trinajstić information content (AvgIpc) is 3.04. The molecule has 3 rings (SSSR count). The van der Waals surface area contributed by atoms with Gasteiger partial charge in [0.05, 0.1) is 11.4 Å². The Kier molecular flexibility index (Phi) is 5.77. The van der Waals surface area contributed by atoms with Crippen molar-refractivity contribution in [1.82, 2.24) is 4.90 Å². The molecule has 138 valence electrons. The average molecular weight is 371 g/mol. The maximum Gasteiger partial charge on any atom is 0.264 e. The van der Waals surface area contributed by atoms with Gasteiger partial charge in [0.15, 0.2) is 0 Å². The second-order valence-corrected chi connectivity index (χ2v) is 8.26. The van der Waals surface area contributed by atoms with Gasteiger partial charge in [0.2, 0.25) is 5.91 Å². The molecule has 1 aliphatic rings. The SMILES string of the molecule is CCc1ccccc1NC(=O)CN(C)C(=O)c1cc2c(s1)CC[C@@H](C)C2. The summed E-state index contributed by atoms with van der Waals surface area (Å²) in [5, 5.41) is 2.92. The van der Waals surface area contributed by atoms with Crippen molar-refractivity contribution in [3.8, 4) is 0 Å².